The quantitative estimate of drug-likeness (QED) is 0.888. The summed E-state index contributed by atoms with van der Waals surface area (Å²) in [5.41, 5.74) is 1.24. The maximum absolute atomic E-state index is 5.40. The Morgan fingerprint density at radius 2 is 2.06 bits per heavy atom. The summed E-state index contributed by atoms with van der Waals surface area (Å²) < 4.78 is 16.0. The van der Waals surface area contributed by atoms with Gasteiger partial charge >= 0.3 is 0 Å². The van der Waals surface area contributed by atoms with Gasteiger partial charge in [0.25, 0.3) is 0 Å². The molecule has 98 valence electrons. The van der Waals surface area contributed by atoms with Crippen molar-refractivity contribution in [1.29, 1.82) is 0 Å². The molecule has 3 rings (SSSR count). The van der Waals surface area contributed by atoms with E-state index in [0.29, 0.717) is 25.0 Å². The van der Waals surface area contributed by atoms with E-state index in [1.165, 1.54) is 5.56 Å². The fourth-order valence-electron chi connectivity index (χ4n) is 2.53. The van der Waals surface area contributed by atoms with Crippen LogP contribution in [-0.2, 0) is 4.74 Å². The Hall–Kier alpha value is -1.26. The fraction of sp³-hybridized carbons (Fsp3) is 0.571. The van der Waals surface area contributed by atoms with Gasteiger partial charge in [-0.25, -0.2) is 0 Å². The zero-order valence-corrected chi connectivity index (χ0v) is 10.8. The predicted molar refractivity (Wildman–Crippen MR) is 67.9 cm³/mol. The van der Waals surface area contributed by atoms with Gasteiger partial charge in [-0.05, 0) is 37.5 Å². The zero-order valence-electron chi connectivity index (χ0n) is 10.8. The van der Waals surface area contributed by atoms with Crippen LogP contribution in [0.5, 0.6) is 11.5 Å². The number of fused-ring (bicyclic) bond motifs is 1. The number of hydrogen-bond donors (Lipinski definition) is 1. The molecule has 0 amide bonds. The summed E-state index contributed by atoms with van der Waals surface area (Å²) in [7, 11) is 1.78. The zero-order chi connectivity index (χ0) is 12.5. The molecule has 0 aromatic heterocycles. The van der Waals surface area contributed by atoms with Gasteiger partial charge in [0.1, 0.15) is 0 Å². The van der Waals surface area contributed by atoms with Gasteiger partial charge in [0, 0.05) is 19.2 Å². The second-order valence-corrected chi connectivity index (χ2v) is 5.03. The summed E-state index contributed by atoms with van der Waals surface area (Å²) in [6.45, 7) is 2.51. The monoisotopic (exact) mass is 249 g/mol. The predicted octanol–water partition coefficient (Wildman–Crippen LogP) is 2.24. The Balaban J connectivity index is 1.61. The summed E-state index contributed by atoms with van der Waals surface area (Å²) in [5.74, 6) is 1.69. The summed E-state index contributed by atoms with van der Waals surface area (Å²) in [6.07, 6.45) is 2.64. The van der Waals surface area contributed by atoms with Gasteiger partial charge in [0.2, 0.25) is 6.79 Å². The van der Waals surface area contributed by atoms with Gasteiger partial charge in [-0.1, -0.05) is 6.07 Å². The number of methoxy groups -OCH3 is 1. The highest BCUT2D eigenvalue weighted by molar-refractivity contribution is 5.45. The Kier molecular flexibility index (Phi) is 3.14. The molecule has 1 aromatic carbocycles. The number of rotatable bonds is 4. The average molecular weight is 249 g/mol. The van der Waals surface area contributed by atoms with Gasteiger partial charge in [0.15, 0.2) is 11.5 Å². The van der Waals surface area contributed by atoms with Crippen LogP contribution in [0.4, 0.5) is 0 Å². The smallest absolute Gasteiger partial charge is 0.231 e. The summed E-state index contributed by atoms with van der Waals surface area (Å²) in [6, 6.07) is 7.02. The van der Waals surface area contributed by atoms with Crippen molar-refractivity contribution in [1.82, 2.24) is 5.32 Å². The number of hydrogen-bond acceptors (Lipinski definition) is 4. The standard InChI is InChI=1S/C14H19NO3/c1-9(15-11-6-12(7-11)16-2)10-3-4-13-14(5-10)18-8-17-13/h3-5,9,11-12,15H,6-8H2,1-2H3. The highest BCUT2D eigenvalue weighted by atomic mass is 16.7. The van der Waals surface area contributed by atoms with E-state index in [0.717, 1.165) is 24.3 Å². The van der Waals surface area contributed by atoms with Crippen molar-refractivity contribution >= 4 is 0 Å². The molecule has 1 unspecified atom stereocenters. The minimum Gasteiger partial charge on any atom is -0.454 e. The summed E-state index contributed by atoms with van der Waals surface area (Å²) in [5, 5.41) is 3.61. The number of ether oxygens (including phenoxy) is 3. The Morgan fingerprint density at radius 1 is 1.28 bits per heavy atom. The molecule has 2 aliphatic rings. The van der Waals surface area contributed by atoms with Gasteiger partial charge in [-0.2, -0.15) is 0 Å². The van der Waals surface area contributed by atoms with Crippen LogP contribution in [0.2, 0.25) is 0 Å². The van der Waals surface area contributed by atoms with Gasteiger partial charge in [-0.15, -0.1) is 0 Å². The highest BCUT2D eigenvalue weighted by Gasteiger charge is 2.30. The SMILES string of the molecule is COC1CC(NC(C)c2ccc3c(c2)OCO3)C1. The van der Waals surface area contributed by atoms with Crippen molar-refractivity contribution in [2.75, 3.05) is 13.9 Å². The summed E-state index contributed by atoms with van der Waals surface area (Å²) >= 11 is 0. The third-order valence-electron chi connectivity index (χ3n) is 3.81. The lowest BCUT2D eigenvalue weighted by atomic mass is 9.88. The molecule has 0 bridgehead atoms. The van der Waals surface area contributed by atoms with E-state index in [9.17, 15) is 0 Å². The lowest BCUT2D eigenvalue weighted by Crippen LogP contribution is -2.45. The molecule has 1 N–H and O–H groups in total. The molecule has 1 atom stereocenters. The van der Waals surface area contributed by atoms with E-state index >= 15 is 0 Å². The molecule has 1 aliphatic heterocycles. The van der Waals surface area contributed by atoms with E-state index in [2.05, 4.69) is 24.4 Å². The maximum atomic E-state index is 5.40. The molecule has 1 heterocycles. The van der Waals surface area contributed by atoms with Crippen LogP contribution in [0.3, 0.4) is 0 Å². The minimum absolute atomic E-state index is 0.322. The first-order valence-electron chi connectivity index (χ1n) is 6.44. The molecular weight excluding hydrogens is 230 g/mol. The first-order chi connectivity index (χ1) is 8.76. The van der Waals surface area contributed by atoms with Crippen LogP contribution in [0.15, 0.2) is 18.2 Å². The molecule has 1 saturated carbocycles. The molecule has 4 heteroatoms. The van der Waals surface area contributed by atoms with E-state index < -0.39 is 0 Å². The second kappa shape index (κ2) is 4.78. The molecular formula is C14H19NO3. The number of benzene rings is 1. The van der Waals surface area contributed by atoms with Crippen molar-refractivity contribution in [3.63, 3.8) is 0 Å². The molecule has 18 heavy (non-hydrogen) atoms. The molecule has 0 saturated heterocycles. The van der Waals surface area contributed by atoms with Crippen molar-refractivity contribution < 1.29 is 14.2 Å². The van der Waals surface area contributed by atoms with Crippen LogP contribution in [0.25, 0.3) is 0 Å². The van der Waals surface area contributed by atoms with Gasteiger partial charge < -0.3 is 19.5 Å². The van der Waals surface area contributed by atoms with Crippen LogP contribution < -0.4 is 14.8 Å². The van der Waals surface area contributed by atoms with Crippen molar-refractivity contribution in [3.05, 3.63) is 23.8 Å². The molecule has 4 nitrogen and oxygen atoms in total. The second-order valence-electron chi connectivity index (χ2n) is 5.03. The maximum Gasteiger partial charge on any atom is 0.231 e. The van der Waals surface area contributed by atoms with E-state index in [-0.39, 0.29) is 0 Å². The molecule has 0 spiro atoms. The van der Waals surface area contributed by atoms with Crippen LogP contribution in [0.1, 0.15) is 31.4 Å². The van der Waals surface area contributed by atoms with Crippen LogP contribution >= 0.6 is 0 Å². The lowest BCUT2D eigenvalue weighted by molar-refractivity contribution is 0.0147. The van der Waals surface area contributed by atoms with Gasteiger partial charge in [0.05, 0.1) is 6.10 Å². The van der Waals surface area contributed by atoms with Crippen LogP contribution in [-0.4, -0.2) is 26.0 Å². The van der Waals surface area contributed by atoms with E-state index in [1.54, 1.807) is 7.11 Å². The van der Waals surface area contributed by atoms with Gasteiger partial charge in [-0.3, -0.25) is 0 Å². The topological polar surface area (TPSA) is 39.7 Å². The largest absolute Gasteiger partial charge is 0.454 e. The molecule has 1 aliphatic carbocycles. The summed E-state index contributed by atoms with van der Waals surface area (Å²) in [4.78, 5) is 0. The Bertz CT molecular complexity index is 429. The fourth-order valence-corrected chi connectivity index (χ4v) is 2.53. The third kappa shape index (κ3) is 2.18. The van der Waals surface area contributed by atoms with Crippen molar-refractivity contribution in [3.8, 4) is 11.5 Å². The Morgan fingerprint density at radius 3 is 2.83 bits per heavy atom. The minimum atomic E-state index is 0.322. The van der Waals surface area contributed by atoms with Crippen molar-refractivity contribution in [2.45, 2.75) is 38.0 Å². The van der Waals surface area contributed by atoms with Crippen molar-refractivity contribution in [2.24, 2.45) is 0 Å². The highest BCUT2D eigenvalue weighted by Crippen LogP contribution is 2.34. The first kappa shape index (κ1) is 11.8. The molecule has 0 radical (unpaired) electrons. The van der Waals surface area contributed by atoms with E-state index in [1.807, 2.05) is 6.07 Å². The third-order valence-corrected chi connectivity index (χ3v) is 3.81. The van der Waals surface area contributed by atoms with Crippen LogP contribution in [0, 0.1) is 0 Å². The first-order valence-corrected chi connectivity index (χ1v) is 6.44. The number of nitrogens with one attached hydrogen (secondary N) is 1. The lowest BCUT2D eigenvalue weighted by Gasteiger charge is -2.36. The average Bonchev–Trinajstić information content (AvgIpc) is 2.79. The normalized spacial score (nSPS) is 26.8. The molecule has 1 fully saturated rings. The molecule has 1 aromatic rings. The van der Waals surface area contributed by atoms with E-state index in [4.69, 9.17) is 14.2 Å². The Labute approximate surface area is 107 Å².